The molecule has 1 aliphatic heterocycles. The third kappa shape index (κ3) is 5.40. The lowest BCUT2D eigenvalue weighted by Crippen LogP contribution is -2.35. The number of benzene rings is 2. The second kappa shape index (κ2) is 8.99. The maximum absolute atomic E-state index is 12.6. The van der Waals surface area contributed by atoms with Crippen molar-refractivity contribution in [3.8, 4) is 5.75 Å². The number of hydrogen-bond acceptors (Lipinski definition) is 4. The molecule has 0 atom stereocenters. The van der Waals surface area contributed by atoms with Crippen LogP contribution >= 0.6 is 15.9 Å². The van der Waals surface area contributed by atoms with Gasteiger partial charge in [0.15, 0.2) is 0 Å². The smallest absolute Gasteiger partial charge is 0.311 e. The van der Waals surface area contributed by atoms with E-state index in [1.165, 1.54) is 0 Å². The minimum Gasteiger partial charge on any atom is -0.427 e. The number of nitrogens with zero attached hydrogens (tertiary/aromatic N) is 1. The van der Waals surface area contributed by atoms with E-state index in [4.69, 9.17) is 4.74 Å². The molecule has 7 heteroatoms. The SMILES string of the molecule is O=C(CCc1ccc(S(=O)(=O)N2CCCCC2)cc1)Oc1ccc(Br)cc1. The zero-order valence-electron chi connectivity index (χ0n) is 14.9. The van der Waals surface area contributed by atoms with Crippen LogP contribution < -0.4 is 4.74 Å². The van der Waals surface area contributed by atoms with Gasteiger partial charge in [0.1, 0.15) is 5.75 Å². The molecule has 0 radical (unpaired) electrons. The van der Waals surface area contributed by atoms with Crippen LogP contribution in [0, 0.1) is 0 Å². The largest absolute Gasteiger partial charge is 0.427 e. The first-order chi connectivity index (χ1) is 12.9. The van der Waals surface area contributed by atoms with Crippen LogP contribution in [0.3, 0.4) is 0 Å². The Kier molecular flexibility index (Phi) is 6.68. The van der Waals surface area contributed by atoms with Crippen molar-refractivity contribution in [3.63, 3.8) is 0 Å². The predicted octanol–water partition coefficient (Wildman–Crippen LogP) is 4.16. The number of carbonyl (C=O) groups is 1. The van der Waals surface area contributed by atoms with Gasteiger partial charge >= 0.3 is 5.97 Å². The van der Waals surface area contributed by atoms with Gasteiger partial charge in [0, 0.05) is 24.0 Å². The second-order valence-corrected chi connectivity index (χ2v) is 9.39. The minimum atomic E-state index is -3.42. The van der Waals surface area contributed by atoms with Crippen LogP contribution in [0.25, 0.3) is 0 Å². The molecule has 0 aliphatic carbocycles. The molecular formula is C20H22BrNO4S. The van der Waals surface area contributed by atoms with Crippen molar-refractivity contribution >= 4 is 31.9 Å². The summed E-state index contributed by atoms with van der Waals surface area (Å²) in [6.45, 7) is 1.18. The highest BCUT2D eigenvalue weighted by Gasteiger charge is 2.25. The van der Waals surface area contributed by atoms with Gasteiger partial charge in [-0.2, -0.15) is 4.31 Å². The van der Waals surface area contributed by atoms with Crippen molar-refractivity contribution in [2.24, 2.45) is 0 Å². The van der Waals surface area contributed by atoms with Gasteiger partial charge in [-0.05, 0) is 61.2 Å². The van der Waals surface area contributed by atoms with Crippen LogP contribution in [0.2, 0.25) is 0 Å². The molecule has 0 N–H and O–H groups in total. The molecule has 1 aliphatic rings. The third-order valence-electron chi connectivity index (χ3n) is 4.54. The number of carbonyl (C=O) groups excluding carboxylic acids is 1. The number of sulfonamides is 1. The first-order valence-electron chi connectivity index (χ1n) is 9.00. The third-order valence-corrected chi connectivity index (χ3v) is 6.98. The summed E-state index contributed by atoms with van der Waals surface area (Å²) in [4.78, 5) is 12.3. The number of aryl methyl sites for hydroxylation is 1. The molecule has 1 heterocycles. The van der Waals surface area contributed by atoms with Crippen LogP contribution in [-0.4, -0.2) is 31.8 Å². The molecule has 0 amide bonds. The van der Waals surface area contributed by atoms with Crippen LogP contribution in [0.5, 0.6) is 5.75 Å². The Morgan fingerprint density at radius 1 is 0.963 bits per heavy atom. The van der Waals surface area contributed by atoms with Crippen molar-refractivity contribution in [1.82, 2.24) is 4.31 Å². The van der Waals surface area contributed by atoms with Crippen LogP contribution in [-0.2, 0) is 21.2 Å². The lowest BCUT2D eigenvalue weighted by Gasteiger charge is -2.25. The molecule has 3 rings (SSSR count). The van der Waals surface area contributed by atoms with Gasteiger partial charge < -0.3 is 4.74 Å². The van der Waals surface area contributed by atoms with Crippen molar-refractivity contribution < 1.29 is 17.9 Å². The molecule has 0 bridgehead atoms. The molecule has 2 aromatic carbocycles. The maximum atomic E-state index is 12.6. The zero-order chi connectivity index (χ0) is 19.3. The minimum absolute atomic E-state index is 0.230. The second-order valence-electron chi connectivity index (χ2n) is 6.54. The normalized spacial score (nSPS) is 15.4. The quantitative estimate of drug-likeness (QED) is 0.488. The first-order valence-corrected chi connectivity index (χ1v) is 11.2. The summed E-state index contributed by atoms with van der Waals surface area (Å²) in [5.74, 6) is 0.188. The molecule has 0 unspecified atom stereocenters. The molecule has 5 nitrogen and oxygen atoms in total. The van der Waals surface area contributed by atoms with Crippen LogP contribution in [0.4, 0.5) is 0 Å². The summed E-state index contributed by atoms with van der Waals surface area (Å²) >= 11 is 3.33. The Hall–Kier alpha value is -1.70. The molecule has 1 saturated heterocycles. The van der Waals surface area contributed by atoms with Crippen molar-refractivity contribution in [1.29, 1.82) is 0 Å². The summed E-state index contributed by atoms with van der Waals surface area (Å²) in [6, 6.07) is 13.9. The number of hydrogen-bond donors (Lipinski definition) is 0. The summed E-state index contributed by atoms with van der Waals surface area (Å²) in [5.41, 5.74) is 0.903. The molecular weight excluding hydrogens is 430 g/mol. The summed E-state index contributed by atoms with van der Waals surface area (Å²) in [6.07, 6.45) is 3.64. The van der Waals surface area contributed by atoms with Gasteiger partial charge in [0.25, 0.3) is 0 Å². The fraction of sp³-hybridized carbons (Fsp3) is 0.350. The van der Waals surface area contributed by atoms with Gasteiger partial charge in [-0.3, -0.25) is 4.79 Å². The van der Waals surface area contributed by atoms with Gasteiger partial charge in [0.05, 0.1) is 4.90 Å². The van der Waals surface area contributed by atoms with E-state index in [0.29, 0.717) is 30.2 Å². The lowest BCUT2D eigenvalue weighted by atomic mass is 10.1. The topological polar surface area (TPSA) is 63.7 Å². The molecule has 0 aromatic heterocycles. The summed E-state index contributed by atoms with van der Waals surface area (Å²) < 4.78 is 33.0. The van der Waals surface area contributed by atoms with E-state index in [-0.39, 0.29) is 12.4 Å². The Morgan fingerprint density at radius 3 is 2.22 bits per heavy atom. The molecule has 144 valence electrons. The Bertz CT molecular complexity index is 873. The van der Waals surface area contributed by atoms with E-state index in [9.17, 15) is 13.2 Å². The van der Waals surface area contributed by atoms with E-state index in [1.54, 1.807) is 40.7 Å². The van der Waals surface area contributed by atoms with Gasteiger partial charge in [-0.1, -0.05) is 34.5 Å². The number of ether oxygens (including phenoxy) is 1. The fourth-order valence-electron chi connectivity index (χ4n) is 3.01. The highest BCUT2D eigenvalue weighted by Crippen LogP contribution is 2.21. The zero-order valence-corrected chi connectivity index (χ0v) is 17.3. The molecule has 27 heavy (non-hydrogen) atoms. The number of rotatable bonds is 6. The number of esters is 1. The summed E-state index contributed by atoms with van der Waals surface area (Å²) in [7, 11) is -3.42. The first kappa shape index (κ1) is 20.0. The average Bonchev–Trinajstić information content (AvgIpc) is 2.69. The molecule has 1 fully saturated rings. The van der Waals surface area contributed by atoms with Crippen LogP contribution in [0.15, 0.2) is 57.9 Å². The standard InChI is InChI=1S/C20H22BrNO4S/c21-17-7-9-18(10-8-17)26-20(23)13-6-16-4-11-19(12-5-16)27(24,25)22-14-2-1-3-15-22/h4-5,7-12H,1-3,6,13-15H2. The average molecular weight is 452 g/mol. The summed E-state index contributed by atoms with van der Waals surface area (Å²) in [5, 5.41) is 0. The fourth-order valence-corrected chi connectivity index (χ4v) is 4.80. The maximum Gasteiger partial charge on any atom is 0.311 e. The van der Waals surface area contributed by atoms with E-state index >= 15 is 0 Å². The highest BCUT2D eigenvalue weighted by atomic mass is 79.9. The lowest BCUT2D eigenvalue weighted by molar-refractivity contribution is -0.134. The van der Waals surface area contributed by atoms with Crippen molar-refractivity contribution in [2.45, 2.75) is 37.0 Å². The molecule has 0 saturated carbocycles. The number of halogens is 1. The molecule has 0 spiro atoms. The van der Waals surface area contributed by atoms with E-state index in [1.807, 2.05) is 12.1 Å². The van der Waals surface area contributed by atoms with E-state index < -0.39 is 10.0 Å². The monoisotopic (exact) mass is 451 g/mol. The highest BCUT2D eigenvalue weighted by molar-refractivity contribution is 9.10. The van der Waals surface area contributed by atoms with E-state index in [2.05, 4.69) is 15.9 Å². The van der Waals surface area contributed by atoms with E-state index in [0.717, 1.165) is 29.3 Å². The Balaban J connectivity index is 1.55. The van der Waals surface area contributed by atoms with Crippen molar-refractivity contribution in [3.05, 3.63) is 58.6 Å². The Labute approximate surface area is 168 Å². The van der Waals surface area contributed by atoms with Gasteiger partial charge in [-0.25, -0.2) is 8.42 Å². The van der Waals surface area contributed by atoms with Gasteiger partial charge in [0.2, 0.25) is 10.0 Å². The van der Waals surface area contributed by atoms with Gasteiger partial charge in [-0.15, -0.1) is 0 Å². The van der Waals surface area contributed by atoms with Crippen LogP contribution in [0.1, 0.15) is 31.2 Å². The molecule has 2 aromatic rings. The van der Waals surface area contributed by atoms with Crippen molar-refractivity contribution in [2.75, 3.05) is 13.1 Å². The number of piperidine rings is 1. The predicted molar refractivity (Wildman–Crippen MR) is 107 cm³/mol. The Morgan fingerprint density at radius 2 is 1.59 bits per heavy atom.